The molecule has 0 aromatic heterocycles. The lowest BCUT2D eigenvalue weighted by molar-refractivity contribution is -0.135. The van der Waals surface area contributed by atoms with Gasteiger partial charge in [-0.3, -0.25) is 4.79 Å². The number of carboxylic acid groups (broad SMARTS) is 1. The third-order valence-corrected chi connectivity index (χ3v) is 1.18. The van der Waals surface area contributed by atoms with Crippen molar-refractivity contribution < 1.29 is 9.90 Å². The van der Waals surface area contributed by atoms with E-state index in [0.29, 0.717) is 6.54 Å². The Morgan fingerprint density at radius 1 is 1.27 bits per heavy atom. The molecule has 0 aliphatic carbocycles. The number of carboxylic acids is 1. The fourth-order valence-electron chi connectivity index (χ4n) is 0.674. The first-order chi connectivity index (χ1) is 5.27. The molecule has 0 spiro atoms. The van der Waals surface area contributed by atoms with E-state index in [1.165, 1.54) is 0 Å². The number of carbonyl (C=O) groups is 1. The lowest BCUT2D eigenvalue weighted by Crippen LogP contribution is -2.31. The maximum Gasteiger partial charge on any atom is 0.317 e. The number of rotatable bonds is 7. The van der Waals surface area contributed by atoms with Crippen molar-refractivity contribution in [2.24, 2.45) is 0 Å². The molecule has 0 rings (SSSR count). The van der Waals surface area contributed by atoms with Gasteiger partial charge in [0.05, 0.1) is 6.54 Å². The van der Waals surface area contributed by atoms with Crippen molar-refractivity contribution in [3.05, 3.63) is 0 Å². The topological polar surface area (TPSA) is 61.4 Å². The quantitative estimate of drug-likeness (QED) is 0.446. The summed E-state index contributed by atoms with van der Waals surface area (Å²) in [6.45, 7) is 4.69. The predicted octanol–water partition coefficient (Wildman–Crippen LogP) is -0.340. The van der Waals surface area contributed by atoms with E-state index in [-0.39, 0.29) is 6.54 Å². The van der Waals surface area contributed by atoms with Crippen LogP contribution in [0.15, 0.2) is 0 Å². The highest BCUT2D eigenvalue weighted by molar-refractivity contribution is 5.68. The zero-order chi connectivity index (χ0) is 8.53. The summed E-state index contributed by atoms with van der Waals surface area (Å²) in [5.74, 6) is -0.805. The van der Waals surface area contributed by atoms with Gasteiger partial charge in [-0.2, -0.15) is 0 Å². The molecule has 3 N–H and O–H groups in total. The highest BCUT2D eigenvalue weighted by Gasteiger charge is 1.92. The van der Waals surface area contributed by atoms with Gasteiger partial charge in [0.2, 0.25) is 0 Å². The third-order valence-electron chi connectivity index (χ3n) is 1.18. The minimum Gasteiger partial charge on any atom is -0.480 e. The average Bonchev–Trinajstić information content (AvgIpc) is 1.96. The summed E-state index contributed by atoms with van der Waals surface area (Å²) in [6.07, 6.45) is 1.11. The molecule has 0 amide bonds. The molecular weight excluding hydrogens is 144 g/mol. The van der Waals surface area contributed by atoms with Crippen LogP contribution in [0.5, 0.6) is 0 Å². The molecule has 0 saturated heterocycles. The Morgan fingerprint density at radius 3 is 2.45 bits per heavy atom. The van der Waals surface area contributed by atoms with Crippen LogP contribution in [0.25, 0.3) is 0 Å². The first-order valence-electron chi connectivity index (χ1n) is 3.90. The van der Waals surface area contributed by atoms with Crippen LogP contribution in [0.1, 0.15) is 13.3 Å². The van der Waals surface area contributed by atoms with E-state index in [1.807, 2.05) is 0 Å². The smallest absolute Gasteiger partial charge is 0.317 e. The Hall–Kier alpha value is -0.610. The van der Waals surface area contributed by atoms with Gasteiger partial charge in [0.1, 0.15) is 0 Å². The molecule has 0 fully saturated rings. The molecule has 0 aromatic carbocycles. The zero-order valence-electron chi connectivity index (χ0n) is 6.89. The zero-order valence-corrected chi connectivity index (χ0v) is 6.89. The Bertz CT molecular complexity index is 107. The fraction of sp³-hybridized carbons (Fsp3) is 0.857. The number of nitrogens with one attached hydrogen (secondary N) is 2. The van der Waals surface area contributed by atoms with Crippen molar-refractivity contribution in [3.63, 3.8) is 0 Å². The molecule has 0 atom stereocenters. The van der Waals surface area contributed by atoms with E-state index < -0.39 is 5.97 Å². The summed E-state index contributed by atoms with van der Waals surface area (Å²) in [4.78, 5) is 10.0. The van der Waals surface area contributed by atoms with Crippen LogP contribution in [0, 0.1) is 0 Å². The van der Waals surface area contributed by atoms with Crippen LogP contribution in [-0.4, -0.2) is 37.3 Å². The van der Waals surface area contributed by atoms with Gasteiger partial charge in [-0.05, 0) is 13.0 Å². The largest absolute Gasteiger partial charge is 0.480 e. The summed E-state index contributed by atoms with van der Waals surface area (Å²) in [5.41, 5.74) is 0. The Kier molecular flexibility index (Phi) is 7.08. The van der Waals surface area contributed by atoms with Gasteiger partial charge in [-0.15, -0.1) is 0 Å². The van der Waals surface area contributed by atoms with Crippen molar-refractivity contribution in [3.8, 4) is 0 Å². The maximum absolute atomic E-state index is 10.0. The second-order valence-electron chi connectivity index (χ2n) is 2.32. The molecule has 0 aromatic rings. The lowest BCUT2D eigenvalue weighted by atomic mass is 10.4. The Balaban J connectivity index is 2.85. The van der Waals surface area contributed by atoms with Gasteiger partial charge in [0.25, 0.3) is 0 Å². The van der Waals surface area contributed by atoms with Gasteiger partial charge >= 0.3 is 5.97 Å². The standard InChI is InChI=1S/C7H16N2O2/c1-2-3-8-4-5-9-6-7(10)11/h8-9H,2-6H2,1H3,(H,10,11). The first kappa shape index (κ1) is 10.4. The van der Waals surface area contributed by atoms with E-state index >= 15 is 0 Å². The van der Waals surface area contributed by atoms with Crippen molar-refractivity contribution in [2.75, 3.05) is 26.2 Å². The number of aliphatic carboxylic acids is 1. The number of hydrogen-bond acceptors (Lipinski definition) is 3. The normalized spacial score (nSPS) is 9.91. The Labute approximate surface area is 67.0 Å². The van der Waals surface area contributed by atoms with E-state index in [2.05, 4.69) is 17.6 Å². The van der Waals surface area contributed by atoms with Crippen molar-refractivity contribution in [1.29, 1.82) is 0 Å². The van der Waals surface area contributed by atoms with Crippen LogP contribution in [0.3, 0.4) is 0 Å². The average molecular weight is 160 g/mol. The van der Waals surface area contributed by atoms with Gasteiger partial charge in [-0.1, -0.05) is 6.92 Å². The van der Waals surface area contributed by atoms with E-state index in [9.17, 15) is 4.79 Å². The third kappa shape index (κ3) is 9.39. The van der Waals surface area contributed by atoms with Crippen molar-refractivity contribution in [1.82, 2.24) is 10.6 Å². The van der Waals surface area contributed by atoms with Crippen LogP contribution in [0.4, 0.5) is 0 Å². The van der Waals surface area contributed by atoms with Crippen LogP contribution < -0.4 is 10.6 Å². The fourth-order valence-corrected chi connectivity index (χ4v) is 0.674. The molecule has 4 heteroatoms. The SMILES string of the molecule is CCCNCCNCC(=O)O. The molecule has 0 aliphatic rings. The molecule has 0 aliphatic heterocycles. The molecule has 0 radical (unpaired) electrons. The highest BCUT2D eigenvalue weighted by atomic mass is 16.4. The molecule has 0 saturated carbocycles. The minimum absolute atomic E-state index is 0.0494. The predicted molar refractivity (Wildman–Crippen MR) is 43.7 cm³/mol. The lowest BCUT2D eigenvalue weighted by Gasteiger charge is -2.02. The van der Waals surface area contributed by atoms with Crippen LogP contribution in [-0.2, 0) is 4.79 Å². The summed E-state index contributed by atoms with van der Waals surface area (Å²) >= 11 is 0. The number of hydrogen-bond donors (Lipinski definition) is 3. The Morgan fingerprint density at radius 2 is 1.91 bits per heavy atom. The van der Waals surface area contributed by atoms with Gasteiger partial charge < -0.3 is 15.7 Å². The van der Waals surface area contributed by atoms with Gasteiger partial charge in [0, 0.05) is 13.1 Å². The summed E-state index contributed by atoms with van der Waals surface area (Å²) in [6, 6.07) is 0. The molecule has 0 heterocycles. The molecule has 66 valence electrons. The van der Waals surface area contributed by atoms with Crippen molar-refractivity contribution >= 4 is 5.97 Å². The van der Waals surface area contributed by atoms with Crippen LogP contribution in [0.2, 0.25) is 0 Å². The highest BCUT2D eigenvalue weighted by Crippen LogP contribution is 1.68. The molecule has 0 bridgehead atoms. The summed E-state index contributed by atoms with van der Waals surface area (Å²) in [7, 11) is 0. The molecule has 11 heavy (non-hydrogen) atoms. The second-order valence-corrected chi connectivity index (χ2v) is 2.32. The summed E-state index contributed by atoms with van der Waals surface area (Å²) < 4.78 is 0. The molecule has 4 nitrogen and oxygen atoms in total. The first-order valence-corrected chi connectivity index (χ1v) is 3.90. The summed E-state index contributed by atoms with van der Waals surface area (Å²) in [5, 5.41) is 14.2. The second kappa shape index (κ2) is 7.50. The molecular formula is C7H16N2O2. The maximum atomic E-state index is 10.0. The van der Waals surface area contributed by atoms with Crippen LogP contribution >= 0.6 is 0 Å². The van der Waals surface area contributed by atoms with Gasteiger partial charge in [0.15, 0.2) is 0 Å². The van der Waals surface area contributed by atoms with E-state index in [4.69, 9.17) is 5.11 Å². The monoisotopic (exact) mass is 160 g/mol. The van der Waals surface area contributed by atoms with E-state index in [0.717, 1.165) is 19.5 Å². The molecule has 0 unspecified atom stereocenters. The minimum atomic E-state index is -0.805. The van der Waals surface area contributed by atoms with Crippen molar-refractivity contribution in [2.45, 2.75) is 13.3 Å². The van der Waals surface area contributed by atoms with Gasteiger partial charge in [-0.25, -0.2) is 0 Å². The van der Waals surface area contributed by atoms with E-state index in [1.54, 1.807) is 0 Å².